The Labute approximate surface area is 125 Å². The highest BCUT2D eigenvalue weighted by Gasteiger charge is 2.37. The van der Waals surface area contributed by atoms with E-state index in [4.69, 9.17) is 0 Å². The van der Waals surface area contributed by atoms with Gasteiger partial charge < -0.3 is 10.4 Å². The Morgan fingerprint density at radius 3 is 2.35 bits per heavy atom. The van der Waals surface area contributed by atoms with Crippen LogP contribution in [0.1, 0.15) is 26.3 Å². The first-order valence-electron chi connectivity index (χ1n) is 6.03. The molecule has 0 saturated heterocycles. The quantitative estimate of drug-likeness (QED) is 0.822. The molecular formula is C14H17BrFNO3. The number of carboxylic acid groups (broad SMARTS) is 1. The maximum Gasteiger partial charge on any atom is 0.316 e. The van der Waals surface area contributed by atoms with Crippen LogP contribution in [0.3, 0.4) is 0 Å². The molecule has 110 valence electrons. The van der Waals surface area contributed by atoms with Crippen LogP contribution in [-0.2, 0) is 9.59 Å². The van der Waals surface area contributed by atoms with Crippen molar-refractivity contribution in [1.82, 2.24) is 0 Å². The van der Waals surface area contributed by atoms with Crippen LogP contribution < -0.4 is 5.32 Å². The number of benzene rings is 1. The summed E-state index contributed by atoms with van der Waals surface area (Å²) in [5.41, 5.74) is 0.192. The second kappa shape index (κ2) is 5.91. The van der Waals surface area contributed by atoms with Gasteiger partial charge in [-0.15, -0.1) is 0 Å². The fraction of sp³-hybridized carbons (Fsp3) is 0.429. The highest BCUT2D eigenvalue weighted by atomic mass is 79.9. The standard InChI is InChI=1S/C14H17BrFNO3/c1-7-5-9(16)8(15)6-10(7)17-12(18)11(13(19)20)14(2,3)4/h5-6,11H,1-4H3,(H,17,18)(H,19,20). The van der Waals surface area contributed by atoms with Gasteiger partial charge in [0.2, 0.25) is 5.91 Å². The molecule has 0 aliphatic carbocycles. The molecule has 2 N–H and O–H groups in total. The molecule has 1 atom stereocenters. The largest absolute Gasteiger partial charge is 0.481 e. The lowest BCUT2D eigenvalue weighted by Gasteiger charge is -2.26. The van der Waals surface area contributed by atoms with E-state index < -0.39 is 29.0 Å². The molecule has 6 heteroatoms. The first-order chi connectivity index (χ1) is 9.04. The lowest BCUT2D eigenvalue weighted by molar-refractivity contribution is -0.149. The van der Waals surface area contributed by atoms with E-state index in [1.165, 1.54) is 12.1 Å². The number of hydrogen-bond donors (Lipinski definition) is 2. The zero-order valence-corrected chi connectivity index (χ0v) is 13.3. The van der Waals surface area contributed by atoms with Crippen LogP contribution >= 0.6 is 15.9 Å². The minimum atomic E-state index is -1.19. The van der Waals surface area contributed by atoms with E-state index in [0.29, 0.717) is 11.3 Å². The van der Waals surface area contributed by atoms with Gasteiger partial charge in [0, 0.05) is 5.69 Å². The summed E-state index contributed by atoms with van der Waals surface area (Å²) in [7, 11) is 0. The summed E-state index contributed by atoms with van der Waals surface area (Å²) in [5, 5.41) is 11.7. The van der Waals surface area contributed by atoms with Crippen molar-refractivity contribution in [2.45, 2.75) is 27.7 Å². The van der Waals surface area contributed by atoms with Crippen molar-refractivity contribution in [3.05, 3.63) is 28.0 Å². The van der Waals surface area contributed by atoms with E-state index in [-0.39, 0.29) is 4.47 Å². The average Bonchev–Trinajstić information content (AvgIpc) is 2.22. The van der Waals surface area contributed by atoms with Gasteiger partial charge in [0.15, 0.2) is 0 Å². The number of anilines is 1. The van der Waals surface area contributed by atoms with Gasteiger partial charge in [-0.3, -0.25) is 9.59 Å². The number of carboxylic acids is 1. The molecule has 0 aliphatic rings. The van der Waals surface area contributed by atoms with Crippen molar-refractivity contribution < 1.29 is 19.1 Å². The number of rotatable bonds is 3. The van der Waals surface area contributed by atoms with Crippen molar-refractivity contribution in [3.8, 4) is 0 Å². The molecule has 0 fully saturated rings. The van der Waals surface area contributed by atoms with Gasteiger partial charge in [-0.1, -0.05) is 20.8 Å². The molecule has 0 saturated carbocycles. The molecule has 1 aromatic carbocycles. The summed E-state index contributed by atoms with van der Waals surface area (Å²) in [5.74, 6) is -3.43. The van der Waals surface area contributed by atoms with Crippen LogP contribution in [0.5, 0.6) is 0 Å². The Morgan fingerprint density at radius 1 is 1.35 bits per heavy atom. The van der Waals surface area contributed by atoms with Gasteiger partial charge in [-0.2, -0.15) is 0 Å². The van der Waals surface area contributed by atoms with Gasteiger partial charge in [0.1, 0.15) is 11.7 Å². The summed E-state index contributed by atoms with van der Waals surface area (Å²) in [4.78, 5) is 23.4. The number of amides is 1. The zero-order valence-electron chi connectivity index (χ0n) is 11.8. The first kappa shape index (κ1) is 16.6. The number of nitrogens with one attached hydrogen (secondary N) is 1. The van der Waals surface area contributed by atoms with Crippen molar-refractivity contribution in [2.75, 3.05) is 5.32 Å². The Kier molecular flexibility index (Phi) is 4.91. The van der Waals surface area contributed by atoms with Crippen LogP contribution in [0.15, 0.2) is 16.6 Å². The van der Waals surface area contributed by atoms with Gasteiger partial charge >= 0.3 is 5.97 Å². The molecule has 4 nitrogen and oxygen atoms in total. The van der Waals surface area contributed by atoms with Gasteiger partial charge in [-0.05, 0) is 46.0 Å². The molecular weight excluding hydrogens is 329 g/mol. The summed E-state index contributed by atoms with van der Waals surface area (Å²) < 4.78 is 13.5. The second-order valence-electron chi connectivity index (χ2n) is 5.71. The summed E-state index contributed by atoms with van der Waals surface area (Å²) in [6.45, 7) is 6.68. The monoisotopic (exact) mass is 345 g/mol. The number of hydrogen-bond acceptors (Lipinski definition) is 2. The van der Waals surface area contributed by atoms with Crippen LogP contribution in [0.2, 0.25) is 0 Å². The normalized spacial score (nSPS) is 12.9. The van der Waals surface area contributed by atoms with Crippen molar-refractivity contribution in [3.63, 3.8) is 0 Å². The number of halogens is 2. The van der Waals surface area contributed by atoms with Crippen LogP contribution in [0.25, 0.3) is 0 Å². The predicted octanol–water partition coefficient (Wildman–Crippen LogP) is 3.58. The predicted molar refractivity (Wildman–Crippen MR) is 78.0 cm³/mol. The molecule has 20 heavy (non-hydrogen) atoms. The second-order valence-corrected chi connectivity index (χ2v) is 6.56. The zero-order chi connectivity index (χ0) is 15.7. The minimum absolute atomic E-state index is 0.209. The minimum Gasteiger partial charge on any atom is -0.481 e. The van der Waals surface area contributed by atoms with E-state index >= 15 is 0 Å². The maximum atomic E-state index is 13.3. The number of aryl methyl sites for hydroxylation is 1. The third-order valence-corrected chi connectivity index (χ3v) is 3.51. The highest BCUT2D eigenvalue weighted by Crippen LogP contribution is 2.29. The van der Waals surface area contributed by atoms with E-state index in [1.54, 1.807) is 27.7 Å². The van der Waals surface area contributed by atoms with Gasteiger partial charge in [0.25, 0.3) is 0 Å². The molecule has 0 bridgehead atoms. The number of carbonyl (C=O) groups is 2. The van der Waals surface area contributed by atoms with E-state index in [9.17, 15) is 19.1 Å². The molecule has 0 heterocycles. The summed E-state index contributed by atoms with van der Waals surface area (Å²) in [6.07, 6.45) is 0. The summed E-state index contributed by atoms with van der Waals surface area (Å²) in [6, 6.07) is 2.69. The lowest BCUT2D eigenvalue weighted by Crippen LogP contribution is -2.39. The van der Waals surface area contributed by atoms with Crippen LogP contribution in [0.4, 0.5) is 10.1 Å². The molecule has 1 unspecified atom stereocenters. The SMILES string of the molecule is Cc1cc(F)c(Br)cc1NC(=O)C(C(=O)O)C(C)(C)C. The third-order valence-electron chi connectivity index (χ3n) is 2.90. The smallest absolute Gasteiger partial charge is 0.316 e. The van der Waals surface area contributed by atoms with E-state index in [0.717, 1.165) is 0 Å². The number of aliphatic carboxylic acids is 1. The van der Waals surface area contributed by atoms with E-state index in [1.807, 2.05) is 0 Å². The molecule has 0 radical (unpaired) electrons. The highest BCUT2D eigenvalue weighted by molar-refractivity contribution is 9.10. The van der Waals surface area contributed by atoms with Gasteiger partial charge in [-0.25, -0.2) is 4.39 Å². The van der Waals surface area contributed by atoms with Crippen LogP contribution in [-0.4, -0.2) is 17.0 Å². The van der Waals surface area contributed by atoms with Crippen molar-refractivity contribution in [1.29, 1.82) is 0 Å². The third kappa shape index (κ3) is 3.79. The Morgan fingerprint density at radius 2 is 1.90 bits per heavy atom. The molecule has 1 amide bonds. The first-order valence-corrected chi connectivity index (χ1v) is 6.82. The Balaban J connectivity index is 3.06. The van der Waals surface area contributed by atoms with Crippen LogP contribution in [0, 0.1) is 24.1 Å². The fourth-order valence-electron chi connectivity index (χ4n) is 1.86. The molecule has 1 aromatic rings. The molecule has 0 spiro atoms. The topological polar surface area (TPSA) is 66.4 Å². The fourth-order valence-corrected chi connectivity index (χ4v) is 2.21. The molecule has 0 aromatic heterocycles. The van der Waals surface area contributed by atoms with Crippen molar-refractivity contribution >= 4 is 33.5 Å². The Bertz CT molecular complexity index is 552. The maximum absolute atomic E-state index is 13.3. The molecule has 1 rings (SSSR count). The van der Waals surface area contributed by atoms with Crippen molar-refractivity contribution in [2.24, 2.45) is 11.3 Å². The number of carbonyl (C=O) groups excluding carboxylic acids is 1. The summed E-state index contributed by atoms with van der Waals surface area (Å²) >= 11 is 3.03. The lowest BCUT2D eigenvalue weighted by atomic mass is 9.80. The Hall–Kier alpha value is -1.43. The molecule has 0 aliphatic heterocycles. The average molecular weight is 346 g/mol. The van der Waals surface area contributed by atoms with E-state index in [2.05, 4.69) is 21.2 Å². The van der Waals surface area contributed by atoms with Gasteiger partial charge in [0.05, 0.1) is 4.47 Å².